The molecule has 176 valence electrons. The number of benzene rings is 3. The van der Waals surface area contributed by atoms with Crippen molar-refractivity contribution in [2.75, 3.05) is 5.32 Å². The van der Waals surface area contributed by atoms with E-state index in [1.807, 2.05) is 61.5 Å². The molecule has 0 fully saturated rings. The van der Waals surface area contributed by atoms with Crippen LogP contribution in [0.3, 0.4) is 0 Å². The van der Waals surface area contributed by atoms with Gasteiger partial charge in [0, 0.05) is 22.3 Å². The molecule has 4 rings (SSSR count). The number of phenols is 1. The number of aromatic hydroxyl groups is 1. The van der Waals surface area contributed by atoms with Gasteiger partial charge in [-0.3, -0.25) is 9.59 Å². The number of fused-ring (bicyclic) bond motifs is 1. The number of halogens is 1. The Morgan fingerprint density at radius 1 is 0.943 bits per heavy atom. The first kappa shape index (κ1) is 24.2. The highest BCUT2D eigenvalue weighted by Gasteiger charge is 2.25. The zero-order valence-electron chi connectivity index (χ0n) is 19.6. The van der Waals surface area contributed by atoms with Gasteiger partial charge >= 0.3 is 0 Å². The van der Waals surface area contributed by atoms with E-state index in [4.69, 9.17) is 11.6 Å². The Balaban J connectivity index is 1.59. The molecule has 1 aliphatic rings. The lowest BCUT2D eigenvalue weighted by Crippen LogP contribution is -2.03. The minimum Gasteiger partial charge on any atom is -0.507 e. The summed E-state index contributed by atoms with van der Waals surface area (Å²) in [6, 6.07) is 18.8. The quantitative estimate of drug-likeness (QED) is 0.207. The fourth-order valence-electron chi connectivity index (χ4n) is 4.02. The molecule has 3 aromatic carbocycles. The maximum Gasteiger partial charge on any atom is 0.256 e. The maximum absolute atomic E-state index is 12.6. The second-order valence-corrected chi connectivity index (χ2v) is 9.03. The Labute approximate surface area is 210 Å². The number of carbonyl (C=O) groups excluding carboxylic acids is 2. The van der Waals surface area contributed by atoms with Crippen LogP contribution in [-0.4, -0.2) is 17.3 Å². The summed E-state index contributed by atoms with van der Waals surface area (Å²) in [6.07, 6.45) is 7.99. The van der Waals surface area contributed by atoms with Crippen molar-refractivity contribution in [1.82, 2.24) is 0 Å². The van der Waals surface area contributed by atoms with Crippen LogP contribution in [0.1, 0.15) is 32.3 Å². The van der Waals surface area contributed by atoms with E-state index in [0.29, 0.717) is 28.3 Å². The summed E-state index contributed by atoms with van der Waals surface area (Å²) in [5.74, 6) is 0.0941. The van der Waals surface area contributed by atoms with Gasteiger partial charge in [-0.2, -0.15) is 0 Å². The molecule has 1 aliphatic heterocycles. The van der Waals surface area contributed by atoms with Gasteiger partial charge < -0.3 is 10.4 Å². The zero-order chi connectivity index (χ0) is 24.9. The summed E-state index contributed by atoms with van der Waals surface area (Å²) in [4.78, 5) is 23.4. The predicted octanol–water partition coefficient (Wildman–Crippen LogP) is 7.59. The van der Waals surface area contributed by atoms with Crippen molar-refractivity contribution in [3.63, 3.8) is 0 Å². The van der Waals surface area contributed by atoms with Crippen LogP contribution in [0.25, 0.3) is 27.8 Å². The first-order chi connectivity index (χ1) is 16.9. The van der Waals surface area contributed by atoms with Crippen molar-refractivity contribution in [3.05, 3.63) is 101 Å². The van der Waals surface area contributed by atoms with Crippen LogP contribution in [0.5, 0.6) is 5.75 Å². The molecule has 0 bridgehead atoms. The van der Waals surface area contributed by atoms with E-state index in [2.05, 4.69) is 5.32 Å². The molecule has 0 spiro atoms. The van der Waals surface area contributed by atoms with E-state index < -0.39 is 0 Å². The molecule has 4 nitrogen and oxygen atoms in total. The van der Waals surface area contributed by atoms with Gasteiger partial charge in [0.15, 0.2) is 0 Å². The van der Waals surface area contributed by atoms with Gasteiger partial charge in [0.05, 0.1) is 10.7 Å². The molecule has 0 aliphatic carbocycles. The monoisotopic (exact) mass is 483 g/mol. The molecule has 1 amide bonds. The highest BCUT2D eigenvalue weighted by molar-refractivity contribution is 6.36. The first-order valence-corrected chi connectivity index (χ1v) is 11.8. The van der Waals surface area contributed by atoms with Gasteiger partial charge in [-0.05, 0) is 61.6 Å². The van der Waals surface area contributed by atoms with Gasteiger partial charge in [0.25, 0.3) is 5.91 Å². The molecule has 0 saturated carbocycles. The summed E-state index contributed by atoms with van der Waals surface area (Å²) in [5.41, 5.74) is 7.40. The van der Waals surface area contributed by atoms with E-state index in [0.717, 1.165) is 46.1 Å². The first-order valence-electron chi connectivity index (χ1n) is 11.4. The van der Waals surface area contributed by atoms with Crippen molar-refractivity contribution in [3.8, 4) is 28.0 Å². The largest absolute Gasteiger partial charge is 0.507 e. The molecular formula is C30H26ClNO3. The Kier molecular flexibility index (Phi) is 7.33. The van der Waals surface area contributed by atoms with Gasteiger partial charge in [-0.15, -0.1) is 0 Å². The lowest BCUT2D eigenvalue weighted by atomic mass is 9.96. The van der Waals surface area contributed by atoms with Crippen LogP contribution in [0.15, 0.2) is 90.0 Å². The number of phenolic OH excluding ortho intramolecular Hbond substituents is 1. The Bertz CT molecular complexity index is 1380. The van der Waals surface area contributed by atoms with E-state index in [9.17, 15) is 14.7 Å². The van der Waals surface area contributed by atoms with Crippen molar-refractivity contribution >= 4 is 35.1 Å². The highest BCUT2D eigenvalue weighted by atomic mass is 35.5. The SMILES string of the molecule is C/C(C=O)=C\C=C(/C)CC/C=C1\C(=O)Nc2cc(Cl)c(-c3ccc(-c4ccccc4O)cc3)cc21. The van der Waals surface area contributed by atoms with Crippen LogP contribution in [0, 0.1) is 0 Å². The van der Waals surface area contributed by atoms with Crippen molar-refractivity contribution < 1.29 is 14.7 Å². The molecule has 2 N–H and O–H groups in total. The molecule has 0 saturated heterocycles. The number of hydrogen-bond donors (Lipinski definition) is 2. The maximum atomic E-state index is 12.6. The number of amides is 1. The van der Waals surface area contributed by atoms with Crippen LogP contribution < -0.4 is 5.32 Å². The number of hydrogen-bond acceptors (Lipinski definition) is 3. The lowest BCUT2D eigenvalue weighted by molar-refractivity contribution is -0.110. The summed E-state index contributed by atoms with van der Waals surface area (Å²) in [6.45, 7) is 3.77. The summed E-state index contributed by atoms with van der Waals surface area (Å²) in [5, 5.41) is 13.6. The third-order valence-electron chi connectivity index (χ3n) is 6.00. The number of anilines is 1. The Morgan fingerprint density at radius 3 is 2.31 bits per heavy atom. The van der Waals surface area contributed by atoms with Crippen molar-refractivity contribution in [2.45, 2.75) is 26.7 Å². The van der Waals surface area contributed by atoms with Gasteiger partial charge in [0.1, 0.15) is 12.0 Å². The number of nitrogens with one attached hydrogen (secondary N) is 1. The minimum absolute atomic E-state index is 0.138. The zero-order valence-corrected chi connectivity index (χ0v) is 20.4. The number of aldehydes is 1. The molecule has 0 aromatic heterocycles. The second kappa shape index (κ2) is 10.6. The predicted molar refractivity (Wildman–Crippen MR) is 143 cm³/mol. The molecule has 0 radical (unpaired) electrons. The van der Waals surface area contributed by atoms with E-state index in [1.165, 1.54) is 0 Å². The number of allylic oxidation sites excluding steroid dienone is 5. The molecule has 35 heavy (non-hydrogen) atoms. The van der Waals surface area contributed by atoms with Crippen LogP contribution in [-0.2, 0) is 9.59 Å². The number of carbonyl (C=O) groups is 2. The summed E-state index contributed by atoms with van der Waals surface area (Å²) < 4.78 is 0. The topological polar surface area (TPSA) is 66.4 Å². The third-order valence-corrected chi connectivity index (χ3v) is 6.32. The van der Waals surface area contributed by atoms with Gasteiger partial charge in [0.2, 0.25) is 0 Å². The fourth-order valence-corrected chi connectivity index (χ4v) is 4.30. The fraction of sp³-hybridized carbons (Fsp3) is 0.133. The van der Waals surface area contributed by atoms with Crippen molar-refractivity contribution in [1.29, 1.82) is 0 Å². The highest BCUT2D eigenvalue weighted by Crippen LogP contribution is 2.40. The molecule has 1 heterocycles. The summed E-state index contributed by atoms with van der Waals surface area (Å²) in [7, 11) is 0. The second-order valence-electron chi connectivity index (χ2n) is 8.62. The molecule has 3 aromatic rings. The lowest BCUT2D eigenvalue weighted by Gasteiger charge is -2.10. The van der Waals surface area contributed by atoms with Crippen molar-refractivity contribution in [2.24, 2.45) is 0 Å². The number of para-hydroxylation sites is 1. The third kappa shape index (κ3) is 5.44. The molecular weight excluding hydrogens is 458 g/mol. The molecule has 0 unspecified atom stereocenters. The smallest absolute Gasteiger partial charge is 0.256 e. The number of rotatable bonds is 7. The Morgan fingerprint density at radius 2 is 1.63 bits per heavy atom. The van der Waals surface area contributed by atoms with Crippen LogP contribution in [0.2, 0.25) is 5.02 Å². The minimum atomic E-state index is -0.138. The van der Waals surface area contributed by atoms with Gasteiger partial charge in [-0.25, -0.2) is 0 Å². The van der Waals surface area contributed by atoms with E-state index in [1.54, 1.807) is 31.2 Å². The summed E-state index contributed by atoms with van der Waals surface area (Å²) >= 11 is 6.59. The van der Waals surface area contributed by atoms with Crippen LogP contribution >= 0.6 is 11.6 Å². The molecule has 5 heteroatoms. The normalized spacial score (nSPS) is 14.7. The Hall–Kier alpha value is -3.89. The standard InChI is InChI=1S/C30H26ClNO3/c1-19(10-11-20(2)18-33)6-5-8-24-26-16-25(27(31)17-28(26)32-30(24)35)22-14-12-21(13-15-22)23-7-3-4-9-29(23)34/h3-4,7-18,34H,5-6H2,1-2H3,(H,32,35)/b19-10+,20-11+,24-8-. The van der Waals surface area contributed by atoms with E-state index in [-0.39, 0.29) is 11.7 Å². The van der Waals surface area contributed by atoms with Crippen LogP contribution in [0.4, 0.5) is 5.69 Å². The average Bonchev–Trinajstić information content (AvgIpc) is 3.16. The van der Waals surface area contributed by atoms with E-state index >= 15 is 0 Å². The average molecular weight is 484 g/mol. The van der Waals surface area contributed by atoms with Gasteiger partial charge in [-0.1, -0.05) is 77.9 Å². The molecule has 0 atom stereocenters.